The van der Waals surface area contributed by atoms with E-state index in [4.69, 9.17) is 0 Å². The van der Waals surface area contributed by atoms with Crippen molar-refractivity contribution in [2.45, 2.75) is 12.7 Å². The monoisotopic (exact) mass is 344 g/mol. The summed E-state index contributed by atoms with van der Waals surface area (Å²) in [6.07, 6.45) is 0. The summed E-state index contributed by atoms with van der Waals surface area (Å²) in [5.74, 6) is 0.802. The fraction of sp³-hybridized carbons (Fsp3) is 0.222. The number of carbonyl (C=O) groups excluding carboxylic acids is 2. The highest BCUT2D eigenvalue weighted by Crippen LogP contribution is 2.10. The van der Waals surface area contributed by atoms with Crippen molar-refractivity contribution >= 4 is 28.3 Å². The van der Waals surface area contributed by atoms with Gasteiger partial charge in [0.05, 0.1) is 0 Å². The van der Waals surface area contributed by atoms with E-state index in [0.717, 1.165) is 5.56 Å². The van der Waals surface area contributed by atoms with Crippen LogP contribution < -0.4 is 10.6 Å². The van der Waals surface area contributed by atoms with Crippen molar-refractivity contribution in [1.29, 1.82) is 0 Å². The van der Waals surface area contributed by atoms with E-state index in [1.165, 1.54) is 6.92 Å². The molecule has 2 aromatic rings. The van der Waals surface area contributed by atoms with Gasteiger partial charge < -0.3 is 10.6 Å². The second kappa shape index (κ2) is 8.98. The molecular formula is C18H20N2O3S. The number of hydrogen-bond donors (Lipinski definition) is 2. The largest absolute Gasteiger partial charge is 0.337 e. The Labute approximate surface area is 143 Å². The van der Waals surface area contributed by atoms with E-state index in [-0.39, 0.29) is 11.8 Å². The van der Waals surface area contributed by atoms with E-state index in [1.54, 1.807) is 24.3 Å². The highest BCUT2D eigenvalue weighted by molar-refractivity contribution is 7.84. The van der Waals surface area contributed by atoms with Crippen LogP contribution in [0.2, 0.25) is 0 Å². The van der Waals surface area contributed by atoms with Gasteiger partial charge in [0.1, 0.15) is 0 Å². The highest BCUT2D eigenvalue weighted by atomic mass is 32.2. The summed E-state index contributed by atoms with van der Waals surface area (Å²) < 4.78 is 12.0. The van der Waals surface area contributed by atoms with Gasteiger partial charge in [0.2, 0.25) is 0 Å². The number of anilines is 1. The van der Waals surface area contributed by atoms with Crippen molar-refractivity contribution in [2.24, 2.45) is 0 Å². The molecule has 0 saturated heterocycles. The van der Waals surface area contributed by atoms with Crippen LogP contribution in [-0.2, 0) is 16.6 Å². The van der Waals surface area contributed by atoms with Crippen LogP contribution in [0, 0.1) is 0 Å². The summed E-state index contributed by atoms with van der Waals surface area (Å²) in [5.41, 5.74) is 2.10. The molecule has 2 aromatic carbocycles. The van der Waals surface area contributed by atoms with Gasteiger partial charge in [-0.2, -0.15) is 0 Å². The minimum atomic E-state index is -1.03. The van der Waals surface area contributed by atoms with Crippen molar-refractivity contribution < 1.29 is 13.8 Å². The summed E-state index contributed by atoms with van der Waals surface area (Å²) in [6.45, 7) is 1.79. The zero-order valence-corrected chi connectivity index (χ0v) is 14.3. The number of nitrogens with one attached hydrogen (secondary N) is 2. The van der Waals surface area contributed by atoms with Gasteiger partial charge in [-0.15, -0.1) is 0 Å². The van der Waals surface area contributed by atoms with Crippen LogP contribution in [0.3, 0.4) is 0 Å². The first-order valence-corrected chi connectivity index (χ1v) is 9.08. The van der Waals surface area contributed by atoms with E-state index >= 15 is 0 Å². The molecule has 0 fully saturated rings. The highest BCUT2D eigenvalue weighted by Gasteiger charge is 2.06. The van der Waals surface area contributed by atoms with E-state index in [2.05, 4.69) is 10.6 Å². The third-order valence-corrected chi connectivity index (χ3v) is 4.63. The minimum Gasteiger partial charge on any atom is -0.337 e. The van der Waals surface area contributed by atoms with Gasteiger partial charge in [-0.1, -0.05) is 42.5 Å². The standard InChI is InChI=1S/C18H20N2O3S/c1-14(21)16-8-5-9-17(12-16)20-18(22)19-10-11-24(23)13-15-6-3-2-4-7-15/h2-9,12H,10-11,13H2,1H3,(H2,19,20,22)/t24-/m1/s1. The number of rotatable bonds is 7. The van der Waals surface area contributed by atoms with Crippen molar-refractivity contribution in [3.63, 3.8) is 0 Å². The second-order valence-corrected chi connectivity index (χ2v) is 6.87. The van der Waals surface area contributed by atoms with Crippen molar-refractivity contribution in [3.05, 3.63) is 65.7 Å². The first-order valence-electron chi connectivity index (χ1n) is 7.59. The summed E-state index contributed by atoms with van der Waals surface area (Å²) >= 11 is 0. The SMILES string of the molecule is CC(=O)c1cccc(NC(=O)NCC[S@@](=O)Cc2ccccc2)c1. The Hall–Kier alpha value is -2.47. The Kier molecular flexibility index (Phi) is 6.69. The molecule has 5 nitrogen and oxygen atoms in total. The molecule has 0 spiro atoms. The van der Waals surface area contributed by atoms with Crippen LogP contribution in [0.4, 0.5) is 10.5 Å². The lowest BCUT2D eigenvalue weighted by Gasteiger charge is -2.08. The zero-order chi connectivity index (χ0) is 17.4. The molecule has 0 unspecified atom stereocenters. The zero-order valence-electron chi connectivity index (χ0n) is 13.5. The van der Waals surface area contributed by atoms with Crippen molar-refractivity contribution in [1.82, 2.24) is 5.32 Å². The van der Waals surface area contributed by atoms with E-state index in [9.17, 15) is 13.8 Å². The Morgan fingerprint density at radius 1 is 1.04 bits per heavy atom. The van der Waals surface area contributed by atoms with E-state index in [1.807, 2.05) is 30.3 Å². The Balaban J connectivity index is 1.74. The number of amides is 2. The number of hydrogen-bond acceptors (Lipinski definition) is 3. The third kappa shape index (κ3) is 5.96. The van der Waals surface area contributed by atoms with Gasteiger partial charge in [-0.05, 0) is 24.6 Å². The maximum Gasteiger partial charge on any atom is 0.319 e. The molecule has 0 radical (unpaired) electrons. The average Bonchev–Trinajstić information content (AvgIpc) is 2.56. The van der Waals surface area contributed by atoms with Crippen LogP contribution in [0.15, 0.2) is 54.6 Å². The molecule has 126 valence electrons. The molecule has 2 rings (SSSR count). The maximum absolute atomic E-state index is 12.0. The molecule has 2 N–H and O–H groups in total. The molecule has 0 aliphatic rings. The second-order valence-electron chi connectivity index (χ2n) is 5.29. The lowest BCUT2D eigenvalue weighted by molar-refractivity contribution is 0.101. The molecule has 0 saturated carbocycles. The molecule has 0 aliphatic heterocycles. The van der Waals surface area contributed by atoms with Crippen LogP contribution in [0.5, 0.6) is 0 Å². The molecule has 0 aliphatic carbocycles. The van der Waals surface area contributed by atoms with E-state index < -0.39 is 10.8 Å². The van der Waals surface area contributed by atoms with Gasteiger partial charge in [-0.25, -0.2) is 4.79 Å². The minimum absolute atomic E-state index is 0.0598. The van der Waals surface area contributed by atoms with Crippen LogP contribution in [0.1, 0.15) is 22.8 Å². The fourth-order valence-corrected chi connectivity index (χ4v) is 3.14. The predicted octanol–water partition coefficient (Wildman–Crippen LogP) is 2.96. The number of benzene rings is 2. The summed E-state index contributed by atoms with van der Waals surface area (Å²) in [4.78, 5) is 23.1. The fourth-order valence-electron chi connectivity index (χ4n) is 2.10. The normalized spacial score (nSPS) is 11.5. The van der Waals surface area contributed by atoms with Crippen molar-refractivity contribution in [3.8, 4) is 0 Å². The van der Waals surface area contributed by atoms with Crippen LogP contribution in [0.25, 0.3) is 0 Å². The molecule has 0 bridgehead atoms. The molecule has 24 heavy (non-hydrogen) atoms. The molecule has 0 aromatic heterocycles. The molecule has 6 heteroatoms. The third-order valence-electron chi connectivity index (χ3n) is 3.31. The molecule has 2 amide bonds. The summed E-state index contributed by atoms with van der Waals surface area (Å²) in [7, 11) is -1.03. The number of ketones is 1. The first-order chi connectivity index (χ1) is 11.5. The Morgan fingerprint density at radius 2 is 1.79 bits per heavy atom. The lowest BCUT2D eigenvalue weighted by atomic mass is 10.1. The smallest absolute Gasteiger partial charge is 0.319 e. The number of Topliss-reactive ketones (excluding diaryl/α,β-unsaturated/α-hetero) is 1. The summed E-state index contributed by atoms with van der Waals surface area (Å²) in [6, 6.07) is 15.9. The lowest BCUT2D eigenvalue weighted by Crippen LogP contribution is -2.32. The maximum atomic E-state index is 12.0. The molecule has 0 heterocycles. The molecular weight excluding hydrogens is 324 g/mol. The van der Waals surface area contributed by atoms with Gasteiger partial charge in [0.25, 0.3) is 0 Å². The summed E-state index contributed by atoms with van der Waals surface area (Å²) in [5, 5.41) is 5.33. The Bertz CT molecular complexity index is 732. The van der Waals surface area contributed by atoms with E-state index in [0.29, 0.717) is 29.3 Å². The van der Waals surface area contributed by atoms with Gasteiger partial charge >= 0.3 is 6.03 Å². The molecule has 1 atom stereocenters. The average molecular weight is 344 g/mol. The van der Waals surface area contributed by atoms with Crippen LogP contribution >= 0.6 is 0 Å². The van der Waals surface area contributed by atoms with Gasteiger partial charge in [-0.3, -0.25) is 9.00 Å². The van der Waals surface area contributed by atoms with Crippen LogP contribution in [-0.4, -0.2) is 28.3 Å². The predicted molar refractivity (Wildman–Crippen MR) is 96.6 cm³/mol. The quantitative estimate of drug-likeness (QED) is 0.758. The van der Waals surface area contributed by atoms with Crippen molar-refractivity contribution in [2.75, 3.05) is 17.6 Å². The van der Waals surface area contributed by atoms with Gasteiger partial charge in [0, 0.05) is 40.1 Å². The first kappa shape index (κ1) is 17.9. The number of carbonyl (C=O) groups is 2. The topological polar surface area (TPSA) is 75.3 Å². The Morgan fingerprint density at radius 3 is 2.50 bits per heavy atom. The number of urea groups is 1. The van der Waals surface area contributed by atoms with Gasteiger partial charge in [0.15, 0.2) is 5.78 Å².